The van der Waals surface area contributed by atoms with Crippen molar-refractivity contribution in [2.75, 3.05) is 0 Å². The molecule has 5 nitrogen and oxygen atoms in total. The lowest BCUT2D eigenvalue weighted by Crippen LogP contribution is -2.31. The molecule has 2 aromatic carbocycles. The largest absolute Gasteiger partial charge is 0.416 e. The molecule has 0 saturated heterocycles. The zero-order chi connectivity index (χ0) is 21.2. The minimum absolute atomic E-state index is 0.0380. The van der Waals surface area contributed by atoms with Gasteiger partial charge in [0, 0.05) is 18.5 Å². The van der Waals surface area contributed by atoms with Crippen LogP contribution in [0, 0.1) is 5.92 Å². The maximum atomic E-state index is 12.7. The van der Waals surface area contributed by atoms with E-state index < -0.39 is 17.6 Å². The van der Waals surface area contributed by atoms with Crippen molar-refractivity contribution in [3.63, 3.8) is 0 Å². The van der Waals surface area contributed by atoms with Crippen molar-refractivity contribution in [2.24, 2.45) is 5.92 Å². The number of nitrogens with zero attached hydrogens (tertiary/aromatic N) is 2. The van der Waals surface area contributed by atoms with E-state index in [1.165, 1.54) is 16.8 Å². The van der Waals surface area contributed by atoms with Crippen molar-refractivity contribution in [1.82, 2.24) is 15.1 Å². The molecule has 3 aromatic rings. The van der Waals surface area contributed by atoms with E-state index in [2.05, 4.69) is 10.4 Å². The predicted molar refractivity (Wildman–Crippen MR) is 103 cm³/mol. The second-order valence-corrected chi connectivity index (χ2v) is 7.15. The summed E-state index contributed by atoms with van der Waals surface area (Å²) in [5.41, 5.74) is -0.395. The molecule has 0 fully saturated rings. The average Bonchev–Trinajstić information content (AvgIpc) is 2.67. The Morgan fingerprint density at radius 1 is 1.07 bits per heavy atom. The van der Waals surface area contributed by atoms with E-state index in [1.54, 1.807) is 24.3 Å². The van der Waals surface area contributed by atoms with Gasteiger partial charge in [0.25, 0.3) is 11.5 Å². The van der Waals surface area contributed by atoms with Crippen LogP contribution in [-0.2, 0) is 19.3 Å². The van der Waals surface area contributed by atoms with Crippen molar-refractivity contribution >= 4 is 16.7 Å². The number of aromatic nitrogens is 2. The van der Waals surface area contributed by atoms with Crippen molar-refractivity contribution in [1.29, 1.82) is 0 Å². The van der Waals surface area contributed by atoms with Gasteiger partial charge < -0.3 is 5.32 Å². The number of hydrogen-bond donors (Lipinski definition) is 1. The number of carbonyl (C=O) groups is 1. The Balaban J connectivity index is 1.87. The van der Waals surface area contributed by atoms with Crippen LogP contribution in [0.15, 0.2) is 53.3 Å². The minimum Gasteiger partial charge on any atom is -0.347 e. The highest BCUT2D eigenvalue weighted by atomic mass is 19.4. The summed E-state index contributed by atoms with van der Waals surface area (Å²) in [7, 11) is 0. The first-order chi connectivity index (χ1) is 13.7. The highest BCUT2D eigenvalue weighted by Gasteiger charge is 2.29. The van der Waals surface area contributed by atoms with Gasteiger partial charge in [0.1, 0.15) is 0 Å². The summed E-state index contributed by atoms with van der Waals surface area (Å²) in [6, 6.07) is 11.3. The molecule has 0 saturated carbocycles. The third kappa shape index (κ3) is 4.64. The van der Waals surface area contributed by atoms with Crippen LogP contribution in [0.5, 0.6) is 0 Å². The Bertz CT molecular complexity index is 1090. The number of carbonyl (C=O) groups excluding carboxylic acids is 1. The average molecular weight is 403 g/mol. The molecule has 3 rings (SSSR count). The van der Waals surface area contributed by atoms with E-state index in [0.29, 0.717) is 22.9 Å². The predicted octanol–water partition coefficient (Wildman–Crippen LogP) is 4.00. The van der Waals surface area contributed by atoms with Crippen LogP contribution in [0.2, 0.25) is 0 Å². The smallest absolute Gasteiger partial charge is 0.347 e. The molecule has 0 bridgehead atoms. The molecule has 8 heteroatoms. The number of fused-ring (bicyclic) bond motifs is 1. The number of benzene rings is 2. The van der Waals surface area contributed by atoms with E-state index in [4.69, 9.17) is 0 Å². The number of alkyl halides is 3. The monoisotopic (exact) mass is 403 g/mol. The number of nitrogens with one attached hydrogen (secondary N) is 1. The van der Waals surface area contributed by atoms with Crippen LogP contribution >= 0.6 is 0 Å². The molecule has 1 aromatic heterocycles. The molecule has 1 amide bonds. The Labute approximate surface area is 165 Å². The van der Waals surface area contributed by atoms with E-state index in [0.717, 1.165) is 12.1 Å². The zero-order valence-electron chi connectivity index (χ0n) is 16.0. The van der Waals surface area contributed by atoms with Crippen LogP contribution in [0.4, 0.5) is 13.2 Å². The molecule has 0 aliphatic carbocycles. The van der Waals surface area contributed by atoms with Gasteiger partial charge >= 0.3 is 6.18 Å². The summed E-state index contributed by atoms with van der Waals surface area (Å²) in [6.07, 6.45) is -4.41. The maximum absolute atomic E-state index is 12.7. The van der Waals surface area contributed by atoms with Gasteiger partial charge in [-0.25, -0.2) is 4.68 Å². The van der Waals surface area contributed by atoms with Gasteiger partial charge in [-0.1, -0.05) is 44.2 Å². The number of rotatable bonds is 5. The topological polar surface area (TPSA) is 64.0 Å². The van der Waals surface area contributed by atoms with Gasteiger partial charge in [-0.05, 0) is 29.7 Å². The van der Waals surface area contributed by atoms with E-state index in [-0.39, 0.29) is 23.7 Å². The summed E-state index contributed by atoms with van der Waals surface area (Å²) in [4.78, 5) is 25.3. The number of amides is 1. The fourth-order valence-electron chi connectivity index (χ4n) is 2.95. The maximum Gasteiger partial charge on any atom is 0.416 e. The summed E-state index contributed by atoms with van der Waals surface area (Å²) < 4.78 is 39.3. The fraction of sp³-hybridized carbons (Fsp3) is 0.286. The summed E-state index contributed by atoms with van der Waals surface area (Å²) in [5, 5.41) is 7.73. The van der Waals surface area contributed by atoms with Crippen molar-refractivity contribution < 1.29 is 18.0 Å². The summed E-state index contributed by atoms with van der Waals surface area (Å²) in [6.45, 7) is 4.28. The Kier molecular flexibility index (Phi) is 5.72. The third-order valence-electron chi connectivity index (χ3n) is 4.36. The first-order valence-corrected chi connectivity index (χ1v) is 9.11. The summed E-state index contributed by atoms with van der Waals surface area (Å²) in [5.74, 6) is -0.344. The van der Waals surface area contributed by atoms with Crippen molar-refractivity contribution in [3.8, 4) is 0 Å². The highest BCUT2D eigenvalue weighted by Crippen LogP contribution is 2.29. The van der Waals surface area contributed by atoms with Crippen LogP contribution in [0.1, 0.15) is 35.5 Å². The van der Waals surface area contributed by atoms with Crippen LogP contribution < -0.4 is 10.9 Å². The molecule has 0 aliphatic rings. The second kappa shape index (κ2) is 8.06. The molecule has 1 heterocycles. The van der Waals surface area contributed by atoms with E-state index in [1.807, 2.05) is 13.8 Å². The zero-order valence-corrected chi connectivity index (χ0v) is 16.0. The fourth-order valence-corrected chi connectivity index (χ4v) is 2.95. The standard InChI is InChI=1S/C21H20F3N3O2/c1-13(2)12-27-20(29)17-6-4-3-5-16(17)18(26-27)19(28)25-11-14-7-9-15(10-8-14)21(22,23)24/h3-10,13H,11-12H2,1-2H3,(H,25,28). The van der Waals surface area contributed by atoms with Gasteiger partial charge in [0.05, 0.1) is 10.9 Å². The van der Waals surface area contributed by atoms with Gasteiger partial charge in [-0.15, -0.1) is 0 Å². The molecule has 0 radical (unpaired) electrons. The van der Waals surface area contributed by atoms with Gasteiger partial charge in [-0.2, -0.15) is 18.3 Å². The van der Waals surface area contributed by atoms with Crippen molar-refractivity contribution in [2.45, 2.75) is 33.1 Å². The number of halogens is 3. The Morgan fingerprint density at radius 2 is 1.69 bits per heavy atom. The van der Waals surface area contributed by atoms with Gasteiger partial charge in [0.2, 0.25) is 0 Å². The molecular weight excluding hydrogens is 383 g/mol. The molecule has 152 valence electrons. The molecule has 0 unspecified atom stereocenters. The lowest BCUT2D eigenvalue weighted by Gasteiger charge is -2.13. The SMILES string of the molecule is CC(C)Cn1nc(C(=O)NCc2ccc(C(F)(F)F)cc2)c2ccccc2c1=O. The molecular formula is C21H20F3N3O2. The molecule has 0 spiro atoms. The van der Waals surface area contributed by atoms with Crippen molar-refractivity contribution in [3.05, 3.63) is 75.7 Å². The van der Waals surface area contributed by atoms with Crippen LogP contribution in [0.25, 0.3) is 10.8 Å². The molecule has 29 heavy (non-hydrogen) atoms. The second-order valence-electron chi connectivity index (χ2n) is 7.15. The van der Waals surface area contributed by atoms with Crippen LogP contribution in [-0.4, -0.2) is 15.7 Å². The van der Waals surface area contributed by atoms with Gasteiger partial charge in [-0.3, -0.25) is 9.59 Å². The van der Waals surface area contributed by atoms with Crippen LogP contribution in [0.3, 0.4) is 0 Å². The third-order valence-corrected chi connectivity index (χ3v) is 4.36. The highest BCUT2D eigenvalue weighted by molar-refractivity contribution is 6.04. The Hall–Kier alpha value is -3.16. The first-order valence-electron chi connectivity index (χ1n) is 9.11. The minimum atomic E-state index is -4.41. The van der Waals surface area contributed by atoms with E-state index in [9.17, 15) is 22.8 Å². The molecule has 0 atom stereocenters. The molecule has 1 N–H and O–H groups in total. The quantitative estimate of drug-likeness (QED) is 0.700. The van der Waals surface area contributed by atoms with Gasteiger partial charge in [0.15, 0.2) is 5.69 Å². The first kappa shape index (κ1) is 20.6. The number of hydrogen-bond acceptors (Lipinski definition) is 3. The Morgan fingerprint density at radius 3 is 2.28 bits per heavy atom. The van der Waals surface area contributed by atoms with E-state index >= 15 is 0 Å². The molecule has 0 aliphatic heterocycles. The lowest BCUT2D eigenvalue weighted by atomic mass is 10.1. The normalized spacial score (nSPS) is 11.8. The lowest BCUT2D eigenvalue weighted by molar-refractivity contribution is -0.137. The summed E-state index contributed by atoms with van der Waals surface area (Å²) >= 11 is 0.